The summed E-state index contributed by atoms with van der Waals surface area (Å²) in [5, 5.41) is 0. The van der Waals surface area contributed by atoms with E-state index in [0.717, 1.165) is 13.0 Å². The fourth-order valence-electron chi connectivity index (χ4n) is 2.28. The summed E-state index contributed by atoms with van der Waals surface area (Å²) < 4.78 is 32.0. The highest BCUT2D eigenvalue weighted by atomic mass is 16.6. The second-order valence-electron chi connectivity index (χ2n) is 6.75. The van der Waals surface area contributed by atoms with Gasteiger partial charge < -0.3 is 28.4 Å². The molecule has 0 atom stereocenters. The van der Waals surface area contributed by atoms with Crippen LogP contribution in [0.4, 0.5) is 0 Å². The number of ether oxygens (including phenoxy) is 6. The van der Waals surface area contributed by atoms with E-state index < -0.39 is 5.97 Å². The molecule has 0 fully saturated rings. The first kappa shape index (κ1) is 28.0. The minimum absolute atomic E-state index is 0.221. The fourth-order valence-corrected chi connectivity index (χ4v) is 2.28. The molecule has 0 aliphatic rings. The smallest absolute Gasteiger partial charge is 0.333 e. The van der Waals surface area contributed by atoms with Crippen molar-refractivity contribution in [1.82, 2.24) is 0 Å². The van der Waals surface area contributed by atoms with Gasteiger partial charge in [0.25, 0.3) is 0 Å². The van der Waals surface area contributed by atoms with Gasteiger partial charge in [-0.05, 0) is 13.3 Å². The van der Waals surface area contributed by atoms with Crippen molar-refractivity contribution in [3.8, 4) is 0 Å². The van der Waals surface area contributed by atoms with Crippen LogP contribution in [0.3, 0.4) is 0 Å². The maximum Gasteiger partial charge on any atom is 0.333 e. The number of carbonyl (C=O) groups excluding carboxylic acids is 1. The van der Waals surface area contributed by atoms with Gasteiger partial charge >= 0.3 is 5.97 Å². The van der Waals surface area contributed by atoms with Crippen molar-refractivity contribution >= 4 is 5.97 Å². The zero-order valence-electron chi connectivity index (χ0n) is 18.6. The summed E-state index contributed by atoms with van der Waals surface area (Å²) in [6.07, 6.45) is 7.68. The standard InChI is InChI=1S/C22H42O7/c1-4-5-6-7-8-9-10-24-11-12-25-13-14-26-15-16-27-17-18-28-19-20-29-22(23)21(2)3/h2,4-20H2,1,3H3. The molecule has 29 heavy (non-hydrogen) atoms. The first-order valence-corrected chi connectivity index (χ1v) is 10.9. The van der Waals surface area contributed by atoms with Gasteiger partial charge in [0.2, 0.25) is 0 Å². The Hall–Kier alpha value is -0.990. The van der Waals surface area contributed by atoms with Crippen LogP contribution in [0.2, 0.25) is 0 Å². The highest BCUT2D eigenvalue weighted by Crippen LogP contribution is 2.04. The molecule has 0 aromatic heterocycles. The Morgan fingerprint density at radius 2 is 0.966 bits per heavy atom. The Kier molecular flexibility index (Phi) is 22.5. The lowest BCUT2D eigenvalue weighted by atomic mass is 10.1. The molecule has 7 nitrogen and oxygen atoms in total. The summed E-state index contributed by atoms with van der Waals surface area (Å²) in [4.78, 5) is 11.1. The average molecular weight is 419 g/mol. The van der Waals surface area contributed by atoms with E-state index in [0.29, 0.717) is 65.0 Å². The summed E-state index contributed by atoms with van der Waals surface area (Å²) in [5.74, 6) is -0.397. The first-order valence-electron chi connectivity index (χ1n) is 10.9. The molecule has 0 aliphatic carbocycles. The Morgan fingerprint density at radius 1 is 0.586 bits per heavy atom. The average Bonchev–Trinajstić information content (AvgIpc) is 2.71. The molecule has 0 unspecified atom stereocenters. The van der Waals surface area contributed by atoms with Crippen LogP contribution in [-0.2, 0) is 33.2 Å². The third-order valence-corrected chi connectivity index (χ3v) is 3.94. The van der Waals surface area contributed by atoms with Gasteiger partial charge in [-0.15, -0.1) is 0 Å². The number of esters is 1. The van der Waals surface area contributed by atoms with Crippen LogP contribution >= 0.6 is 0 Å². The quantitative estimate of drug-likeness (QED) is 0.143. The van der Waals surface area contributed by atoms with E-state index in [1.165, 1.54) is 32.1 Å². The molecule has 7 heteroatoms. The molecular weight excluding hydrogens is 376 g/mol. The van der Waals surface area contributed by atoms with E-state index in [-0.39, 0.29) is 6.61 Å². The van der Waals surface area contributed by atoms with Crippen LogP contribution in [0.15, 0.2) is 12.2 Å². The molecule has 0 saturated carbocycles. The van der Waals surface area contributed by atoms with Crippen LogP contribution in [-0.4, -0.2) is 78.6 Å². The predicted octanol–water partition coefficient (Wildman–Crippen LogP) is 3.55. The zero-order valence-corrected chi connectivity index (χ0v) is 18.6. The second kappa shape index (κ2) is 23.3. The zero-order chi connectivity index (χ0) is 21.4. The highest BCUT2D eigenvalue weighted by molar-refractivity contribution is 5.86. The Labute approximate surface area is 177 Å². The van der Waals surface area contributed by atoms with Gasteiger partial charge in [0.1, 0.15) is 6.61 Å². The lowest BCUT2D eigenvalue weighted by Gasteiger charge is -2.08. The molecule has 0 heterocycles. The number of hydrogen-bond donors (Lipinski definition) is 0. The second-order valence-corrected chi connectivity index (χ2v) is 6.75. The fraction of sp³-hybridized carbons (Fsp3) is 0.864. The predicted molar refractivity (Wildman–Crippen MR) is 113 cm³/mol. The van der Waals surface area contributed by atoms with Crippen molar-refractivity contribution in [1.29, 1.82) is 0 Å². The Balaban J connectivity index is 3.05. The normalized spacial score (nSPS) is 11.0. The number of unbranched alkanes of at least 4 members (excludes halogenated alkanes) is 5. The minimum Gasteiger partial charge on any atom is -0.460 e. The molecule has 0 aliphatic heterocycles. The van der Waals surface area contributed by atoms with Crippen LogP contribution in [0.25, 0.3) is 0 Å². The topological polar surface area (TPSA) is 72.5 Å². The molecule has 0 bridgehead atoms. The van der Waals surface area contributed by atoms with E-state index >= 15 is 0 Å². The van der Waals surface area contributed by atoms with Gasteiger partial charge in [-0.1, -0.05) is 45.6 Å². The number of hydrogen-bond acceptors (Lipinski definition) is 7. The molecule has 0 aromatic carbocycles. The van der Waals surface area contributed by atoms with Gasteiger partial charge in [-0.25, -0.2) is 4.79 Å². The maximum atomic E-state index is 11.1. The lowest BCUT2D eigenvalue weighted by molar-refractivity contribution is -0.140. The third-order valence-electron chi connectivity index (χ3n) is 3.94. The van der Waals surface area contributed by atoms with Crippen LogP contribution in [0, 0.1) is 0 Å². The van der Waals surface area contributed by atoms with Crippen molar-refractivity contribution in [2.75, 3.05) is 72.7 Å². The molecular formula is C22H42O7. The van der Waals surface area contributed by atoms with Crippen LogP contribution < -0.4 is 0 Å². The molecule has 0 amide bonds. The van der Waals surface area contributed by atoms with Gasteiger partial charge in [-0.3, -0.25) is 0 Å². The molecule has 0 saturated heterocycles. The largest absolute Gasteiger partial charge is 0.460 e. The van der Waals surface area contributed by atoms with E-state index in [9.17, 15) is 4.79 Å². The molecule has 172 valence electrons. The minimum atomic E-state index is -0.397. The van der Waals surface area contributed by atoms with E-state index in [1.807, 2.05) is 0 Å². The summed E-state index contributed by atoms with van der Waals surface area (Å²) in [7, 11) is 0. The lowest BCUT2D eigenvalue weighted by Crippen LogP contribution is -2.15. The van der Waals surface area contributed by atoms with Gasteiger partial charge in [-0.2, -0.15) is 0 Å². The van der Waals surface area contributed by atoms with Gasteiger partial charge in [0, 0.05) is 12.2 Å². The summed E-state index contributed by atoms with van der Waals surface area (Å²) in [6.45, 7) is 13.1. The molecule has 0 radical (unpaired) electrons. The van der Waals surface area contributed by atoms with Crippen molar-refractivity contribution < 1.29 is 33.2 Å². The SMILES string of the molecule is C=C(C)C(=O)OCCOCCOCCOCCOCCOCCCCCCCC. The van der Waals surface area contributed by atoms with Crippen molar-refractivity contribution in [2.24, 2.45) is 0 Å². The maximum absolute atomic E-state index is 11.1. The molecule has 0 rings (SSSR count). The Bertz CT molecular complexity index is 374. The van der Waals surface area contributed by atoms with Crippen LogP contribution in [0.5, 0.6) is 0 Å². The monoisotopic (exact) mass is 418 g/mol. The number of rotatable bonds is 23. The molecule has 0 aromatic rings. The molecule has 0 N–H and O–H groups in total. The first-order chi connectivity index (χ1) is 14.2. The highest BCUT2D eigenvalue weighted by Gasteiger charge is 2.01. The van der Waals surface area contributed by atoms with Crippen molar-refractivity contribution in [2.45, 2.75) is 52.4 Å². The molecule has 0 spiro atoms. The summed E-state index contributed by atoms with van der Waals surface area (Å²) in [6, 6.07) is 0. The van der Waals surface area contributed by atoms with E-state index in [2.05, 4.69) is 13.5 Å². The van der Waals surface area contributed by atoms with Crippen molar-refractivity contribution in [3.63, 3.8) is 0 Å². The summed E-state index contributed by atoms with van der Waals surface area (Å²) >= 11 is 0. The summed E-state index contributed by atoms with van der Waals surface area (Å²) in [5.41, 5.74) is 0.385. The van der Waals surface area contributed by atoms with Gasteiger partial charge in [0.15, 0.2) is 0 Å². The van der Waals surface area contributed by atoms with E-state index in [4.69, 9.17) is 28.4 Å². The van der Waals surface area contributed by atoms with Gasteiger partial charge in [0.05, 0.1) is 59.5 Å². The van der Waals surface area contributed by atoms with E-state index in [1.54, 1.807) is 6.92 Å². The third kappa shape index (κ3) is 23.2. The number of carbonyl (C=O) groups is 1. The Morgan fingerprint density at radius 3 is 1.41 bits per heavy atom. The van der Waals surface area contributed by atoms with Crippen molar-refractivity contribution in [3.05, 3.63) is 12.2 Å². The van der Waals surface area contributed by atoms with Crippen LogP contribution in [0.1, 0.15) is 52.4 Å².